The summed E-state index contributed by atoms with van der Waals surface area (Å²) in [5.74, 6) is -1.40. The zero-order chi connectivity index (χ0) is 17.1. The highest BCUT2D eigenvalue weighted by Gasteiger charge is 2.31. The second-order valence-corrected chi connectivity index (χ2v) is 4.45. The summed E-state index contributed by atoms with van der Waals surface area (Å²) in [6.45, 7) is -0.616. The van der Waals surface area contributed by atoms with E-state index < -0.39 is 39.6 Å². The van der Waals surface area contributed by atoms with Crippen molar-refractivity contribution in [3.05, 3.63) is 50.2 Å². The number of hydrogen-bond donors (Lipinski definition) is 2. The average molecular weight is 322 g/mol. The highest BCUT2D eigenvalue weighted by molar-refractivity contribution is 6.17. The third kappa shape index (κ3) is 3.29. The number of aliphatic hydroxyl groups is 1. The van der Waals surface area contributed by atoms with Crippen molar-refractivity contribution in [2.75, 3.05) is 18.5 Å². The molecule has 0 aliphatic carbocycles. The Labute approximate surface area is 128 Å². The summed E-state index contributed by atoms with van der Waals surface area (Å²) in [5.41, 5.74) is -1.35. The molecular weight excluding hydrogens is 312 g/mol. The molecule has 23 heavy (non-hydrogen) atoms. The van der Waals surface area contributed by atoms with E-state index >= 15 is 0 Å². The quantitative estimate of drug-likeness (QED) is 0.426. The number of aliphatic hydroxyl groups excluding tert-OH is 1. The Bertz CT molecular complexity index is 711. The number of nitro groups is 2. The Morgan fingerprint density at radius 2 is 1.65 bits per heavy atom. The second kappa shape index (κ2) is 6.19. The summed E-state index contributed by atoms with van der Waals surface area (Å²) in [4.78, 5) is 44.3. The highest BCUT2D eigenvalue weighted by atomic mass is 16.6. The van der Waals surface area contributed by atoms with Gasteiger partial charge in [-0.2, -0.15) is 0 Å². The van der Waals surface area contributed by atoms with Crippen LogP contribution in [0.15, 0.2) is 30.0 Å². The first-order chi connectivity index (χ1) is 10.8. The first-order valence-corrected chi connectivity index (χ1v) is 6.22. The summed E-state index contributed by atoms with van der Waals surface area (Å²) >= 11 is 0. The number of nitro benzene ring substituents is 2. The van der Waals surface area contributed by atoms with Gasteiger partial charge in [0.05, 0.1) is 34.8 Å². The molecule has 0 bridgehead atoms. The van der Waals surface area contributed by atoms with Crippen LogP contribution in [-0.4, -0.2) is 44.8 Å². The minimum absolute atomic E-state index is 0.0795. The van der Waals surface area contributed by atoms with Gasteiger partial charge in [-0.3, -0.25) is 34.7 Å². The predicted octanol–water partition coefficient (Wildman–Crippen LogP) is 0.160. The number of amides is 2. The lowest BCUT2D eigenvalue weighted by Crippen LogP contribution is -2.34. The van der Waals surface area contributed by atoms with Crippen molar-refractivity contribution in [1.29, 1.82) is 0 Å². The van der Waals surface area contributed by atoms with Crippen LogP contribution in [0.3, 0.4) is 0 Å². The Morgan fingerprint density at radius 3 is 2.13 bits per heavy atom. The fourth-order valence-corrected chi connectivity index (χ4v) is 1.94. The van der Waals surface area contributed by atoms with Gasteiger partial charge in [0.1, 0.15) is 5.70 Å². The van der Waals surface area contributed by atoms with E-state index in [-0.39, 0.29) is 17.9 Å². The van der Waals surface area contributed by atoms with E-state index in [0.717, 1.165) is 29.2 Å². The monoisotopic (exact) mass is 322 g/mol. The number of carbonyl (C=O) groups is 2. The molecule has 0 saturated heterocycles. The Hall–Kier alpha value is -3.34. The molecule has 2 amide bonds. The van der Waals surface area contributed by atoms with Crippen molar-refractivity contribution in [2.45, 2.75) is 0 Å². The van der Waals surface area contributed by atoms with Gasteiger partial charge in [0.25, 0.3) is 23.2 Å². The van der Waals surface area contributed by atoms with Gasteiger partial charge in [0.15, 0.2) is 0 Å². The molecule has 0 atom stereocenters. The van der Waals surface area contributed by atoms with E-state index in [9.17, 15) is 29.8 Å². The first-order valence-electron chi connectivity index (χ1n) is 6.22. The third-order valence-corrected chi connectivity index (χ3v) is 2.94. The Kier molecular flexibility index (Phi) is 4.32. The average Bonchev–Trinajstić information content (AvgIpc) is 2.75. The van der Waals surface area contributed by atoms with Crippen LogP contribution in [0, 0.1) is 20.2 Å². The van der Waals surface area contributed by atoms with Gasteiger partial charge in [-0.05, 0) is 0 Å². The van der Waals surface area contributed by atoms with Gasteiger partial charge in [-0.25, -0.2) is 0 Å². The molecule has 1 aromatic rings. The Morgan fingerprint density at radius 1 is 1.09 bits per heavy atom. The minimum Gasteiger partial charge on any atom is -0.395 e. The SMILES string of the molecule is O=C1C=C(Nc2cc([N+](=O)[O-])cc([N+](=O)[O-])c2)C(=O)N1CCO. The molecule has 0 fully saturated rings. The van der Waals surface area contributed by atoms with E-state index in [1.807, 2.05) is 0 Å². The van der Waals surface area contributed by atoms with Crippen LogP contribution in [0.5, 0.6) is 0 Å². The molecule has 2 N–H and O–H groups in total. The Balaban J connectivity index is 2.32. The number of hydrogen-bond acceptors (Lipinski definition) is 8. The summed E-state index contributed by atoms with van der Waals surface area (Å²) in [6.07, 6.45) is 0.947. The van der Waals surface area contributed by atoms with Crippen molar-refractivity contribution in [1.82, 2.24) is 4.90 Å². The first kappa shape index (κ1) is 16.0. The van der Waals surface area contributed by atoms with E-state index in [1.54, 1.807) is 0 Å². The van der Waals surface area contributed by atoms with Crippen molar-refractivity contribution < 1.29 is 24.5 Å². The van der Waals surface area contributed by atoms with Crippen molar-refractivity contribution in [2.24, 2.45) is 0 Å². The van der Waals surface area contributed by atoms with E-state index in [2.05, 4.69) is 5.32 Å². The number of benzene rings is 1. The number of rotatable bonds is 6. The molecule has 1 aliphatic heterocycles. The smallest absolute Gasteiger partial charge is 0.278 e. The second-order valence-electron chi connectivity index (χ2n) is 4.45. The molecule has 0 unspecified atom stereocenters. The van der Waals surface area contributed by atoms with Crippen LogP contribution in [0.1, 0.15) is 0 Å². The summed E-state index contributed by atoms with van der Waals surface area (Å²) in [5, 5.41) is 32.9. The van der Waals surface area contributed by atoms with Crippen LogP contribution in [0.25, 0.3) is 0 Å². The zero-order valence-corrected chi connectivity index (χ0v) is 11.5. The van der Waals surface area contributed by atoms with Gasteiger partial charge in [-0.1, -0.05) is 0 Å². The number of β-amino-alcohol motifs (C(OH)–C–C–N with tert-alkyl or cyclic N) is 1. The lowest BCUT2D eigenvalue weighted by Gasteiger charge is -2.13. The van der Waals surface area contributed by atoms with Gasteiger partial charge in [-0.15, -0.1) is 0 Å². The van der Waals surface area contributed by atoms with E-state index in [1.165, 1.54) is 0 Å². The molecule has 1 aromatic carbocycles. The molecule has 0 radical (unpaired) electrons. The maximum atomic E-state index is 11.9. The number of imide groups is 1. The van der Waals surface area contributed by atoms with Crippen LogP contribution in [0.2, 0.25) is 0 Å². The maximum absolute atomic E-state index is 11.9. The molecule has 11 heteroatoms. The van der Waals surface area contributed by atoms with Gasteiger partial charge < -0.3 is 10.4 Å². The van der Waals surface area contributed by atoms with E-state index in [4.69, 9.17) is 5.11 Å². The van der Waals surface area contributed by atoms with Gasteiger partial charge in [0, 0.05) is 18.2 Å². The number of anilines is 1. The summed E-state index contributed by atoms with van der Waals surface area (Å²) in [6, 6.07) is 2.78. The number of nitrogens with one attached hydrogen (secondary N) is 1. The van der Waals surface area contributed by atoms with Gasteiger partial charge >= 0.3 is 0 Å². The molecule has 120 valence electrons. The van der Waals surface area contributed by atoms with Crippen LogP contribution in [-0.2, 0) is 9.59 Å². The lowest BCUT2D eigenvalue weighted by atomic mass is 10.2. The predicted molar refractivity (Wildman–Crippen MR) is 75.3 cm³/mol. The fourth-order valence-electron chi connectivity index (χ4n) is 1.94. The minimum atomic E-state index is -0.813. The zero-order valence-electron chi connectivity index (χ0n) is 11.5. The normalized spacial score (nSPS) is 14.0. The molecule has 11 nitrogen and oxygen atoms in total. The van der Waals surface area contributed by atoms with Crippen LogP contribution in [0.4, 0.5) is 17.1 Å². The number of non-ortho nitro benzene ring substituents is 2. The summed E-state index contributed by atoms with van der Waals surface area (Å²) in [7, 11) is 0. The van der Waals surface area contributed by atoms with E-state index in [0.29, 0.717) is 0 Å². The fraction of sp³-hybridized carbons (Fsp3) is 0.167. The standard InChI is InChI=1S/C12H10N4O7/c17-2-1-14-11(18)6-10(12(14)19)13-7-3-8(15(20)21)5-9(4-7)16(22)23/h3-6,13,17H,1-2H2. The molecule has 0 aromatic heterocycles. The topological polar surface area (TPSA) is 156 Å². The lowest BCUT2D eigenvalue weighted by molar-refractivity contribution is -0.394. The number of carbonyl (C=O) groups excluding carboxylic acids is 2. The molecule has 2 rings (SSSR count). The van der Waals surface area contributed by atoms with Crippen molar-refractivity contribution in [3.8, 4) is 0 Å². The van der Waals surface area contributed by atoms with Crippen LogP contribution >= 0.6 is 0 Å². The van der Waals surface area contributed by atoms with Crippen LogP contribution < -0.4 is 5.32 Å². The molecule has 0 spiro atoms. The molecular formula is C12H10N4O7. The largest absolute Gasteiger partial charge is 0.395 e. The molecule has 0 saturated carbocycles. The highest BCUT2D eigenvalue weighted by Crippen LogP contribution is 2.27. The molecule has 1 aliphatic rings. The van der Waals surface area contributed by atoms with Crippen molar-refractivity contribution in [3.63, 3.8) is 0 Å². The van der Waals surface area contributed by atoms with Crippen molar-refractivity contribution >= 4 is 28.9 Å². The summed E-state index contributed by atoms with van der Waals surface area (Å²) < 4.78 is 0. The maximum Gasteiger partial charge on any atom is 0.278 e. The van der Waals surface area contributed by atoms with Gasteiger partial charge in [0.2, 0.25) is 0 Å². The molecule has 1 heterocycles. The number of nitrogens with zero attached hydrogens (tertiary/aromatic N) is 3. The third-order valence-electron chi connectivity index (χ3n) is 2.94.